The third kappa shape index (κ3) is 7.86. The van der Waals surface area contributed by atoms with Gasteiger partial charge in [0, 0.05) is 13.5 Å². The highest BCUT2D eigenvalue weighted by atomic mass is 31.2. The van der Waals surface area contributed by atoms with E-state index in [-0.39, 0.29) is 6.61 Å². The largest absolute Gasteiger partial charge is 0.756 e. The fourth-order valence-electron chi connectivity index (χ4n) is 0.476. The zero-order valence-corrected chi connectivity index (χ0v) is 9.10. The van der Waals surface area contributed by atoms with Crippen molar-refractivity contribution in [2.45, 2.75) is 19.8 Å². The van der Waals surface area contributed by atoms with Gasteiger partial charge in [0.05, 0.1) is 0 Å². The van der Waals surface area contributed by atoms with Crippen molar-refractivity contribution >= 4 is 7.82 Å². The van der Waals surface area contributed by atoms with E-state index in [0.717, 1.165) is 20.0 Å². The van der Waals surface area contributed by atoms with Crippen molar-refractivity contribution < 1.29 is 18.5 Å². The summed E-state index contributed by atoms with van der Waals surface area (Å²) in [7, 11) is -3.11. The highest BCUT2D eigenvalue weighted by Gasteiger charge is 2.02. The van der Waals surface area contributed by atoms with Crippen LogP contribution in [0.1, 0.15) is 19.8 Å². The quantitative estimate of drug-likeness (QED) is 0.517. The van der Waals surface area contributed by atoms with Gasteiger partial charge in [0.1, 0.15) is 6.61 Å². The van der Waals surface area contributed by atoms with Crippen LogP contribution in [0.2, 0.25) is 0 Å². The lowest BCUT2D eigenvalue weighted by Crippen LogP contribution is -2.06. The molecule has 14 heavy (non-hydrogen) atoms. The Labute approximate surface area is 84.2 Å². The molecule has 0 aromatic rings. The smallest absolute Gasteiger partial charge is 0.268 e. The van der Waals surface area contributed by atoms with Crippen LogP contribution >= 0.6 is 7.82 Å². The molecule has 1 unspecified atom stereocenters. The molecule has 0 radical (unpaired) electrons. The van der Waals surface area contributed by atoms with E-state index in [1.54, 1.807) is 0 Å². The Hall–Kier alpha value is -0.770. The van der Waals surface area contributed by atoms with Crippen molar-refractivity contribution in [3.05, 3.63) is 0 Å². The maximum atomic E-state index is 10.6. The molecule has 0 aromatic heterocycles. The summed E-state index contributed by atoms with van der Waals surface area (Å²) < 4.78 is 19.0. The van der Waals surface area contributed by atoms with Crippen molar-refractivity contribution in [3.63, 3.8) is 0 Å². The molecule has 0 aromatic carbocycles. The van der Waals surface area contributed by atoms with Crippen LogP contribution in [0, 0.1) is 23.7 Å². The maximum Gasteiger partial charge on any atom is 0.268 e. The normalized spacial score (nSPS) is 13.1. The molecule has 0 aliphatic rings. The van der Waals surface area contributed by atoms with Crippen LogP contribution in [0.4, 0.5) is 0 Å². The van der Waals surface area contributed by atoms with Gasteiger partial charge < -0.3 is 13.9 Å². The van der Waals surface area contributed by atoms with Gasteiger partial charge in [-0.2, -0.15) is 0 Å². The fraction of sp³-hybridized carbons (Fsp3) is 0.556. The zero-order chi connectivity index (χ0) is 10.9. The summed E-state index contributed by atoms with van der Waals surface area (Å²) in [5.74, 6) is 10.3. The van der Waals surface area contributed by atoms with Gasteiger partial charge in [-0.1, -0.05) is 18.8 Å². The minimum absolute atomic E-state index is 0.227. The molecule has 0 N–H and O–H groups in total. The fourth-order valence-corrected chi connectivity index (χ4v) is 0.804. The highest BCUT2D eigenvalue weighted by Crippen LogP contribution is 2.36. The maximum absolute atomic E-state index is 10.6. The molecular formula is C9H12O4P-. The Kier molecular flexibility index (Phi) is 7.20. The molecule has 0 heterocycles. The van der Waals surface area contributed by atoms with Gasteiger partial charge in [-0.15, -0.1) is 0 Å². The minimum Gasteiger partial charge on any atom is -0.756 e. The first-order valence-corrected chi connectivity index (χ1v) is 5.55. The molecule has 1 atom stereocenters. The summed E-state index contributed by atoms with van der Waals surface area (Å²) in [6, 6.07) is 0. The molecular weight excluding hydrogens is 203 g/mol. The van der Waals surface area contributed by atoms with Gasteiger partial charge in [-0.3, -0.25) is 4.57 Å². The number of hydrogen-bond acceptors (Lipinski definition) is 4. The van der Waals surface area contributed by atoms with Crippen molar-refractivity contribution in [2.75, 3.05) is 13.7 Å². The lowest BCUT2D eigenvalue weighted by atomic mass is 10.3. The molecule has 0 saturated carbocycles. The second kappa shape index (κ2) is 7.62. The van der Waals surface area contributed by atoms with E-state index in [9.17, 15) is 9.46 Å². The van der Waals surface area contributed by atoms with E-state index >= 15 is 0 Å². The SMILES string of the molecule is CCCC#CC#CCOP(=O)([O-])OC. The summed E-state index contributed by atoms with van der Waals surface area (Å²) >= 11 is 0. The molecule has 0 bridgehead atoms. The Morgan fingerprint density at radius 3 is 2.57 bits per heavy atom. The Bertz CT molecular complexity index is 315. The van der Waals surface area contributed by atoms with Crippen LogP contribution in [-0.2, 0) is 13.6 Å². The Morgan fingerprint density at radius 1 is 1.36 bits per heavy atom. The van der Waals surface area contributed by atoms with Crippen molar-refractivity contribution in [2.24, 2.45) is 0 Å². The molecule has 5 heteroatoms. The molecule has 4 nitrogen and oxygen atoms in total. The molecule has 78 valence electrons. The summed E-state index contributed by atoms with van der Waals surface area (Å²) in [6.07, 6.45) is 1.76. The van der Waals surface area contributed by atoms with Crippen LogP contribution in [-0.4, -0.2) is 13.7 Å². The second-order valence-corrected chi connectivity index (χ2v) is 3.77. The van der Waals surface area contributed by atoms with Gasteiger partial charge in [0.2, 0.25) is 0 Å². The number of unbranched alkanes of at least 4 members (excludes halogenated alkanes) is 1. The topological polar surface area (TPSA) is 58.6 Å². The van der Waals surface area contributed by atoms with Crippen molar-refractivity contribution in [3.8, 4) is 23.7 Å². The van der Waals surface area contributed by atoms with E-state index in [0.29, 0.717) is 0 Å². The third-order valence-corrected chi connectivity index (χ3v) is 2.03. The predicted octanol–water partition coefficient (Wildman–Crippen LogP) is 0.925. The molecule has 0 aliphatic carbocycles. The van der Waals surface area contributed by atoms with Crippen molar-refractivity contribution in [1.29, 1.82) is 0 Å². The second-order valence-electron chi connectivity index (χ2n) is 2.26. The average molecular weight is 215 g/mol. The average Bonchev–Trinajstić information content (AvgIpc) is 2.16. The highest BCUT2D eigenvalue weighted by molar-refractivity contribution is 7.45. The Balaban J connectivity index is 3.75. The first kappa shape index (κ1) is 13.2. The van der Waals surface area contributed by atoms with Crippen LogP contribution in [0.15, 0.2) is 0 Å². The van der Waals surface area contributed by atoms with E-state index in [4.69, 9.17) is 0 Å². The summed E-state index contributed by atoms with van der Waals surface area (Å²) in [6.45, 7) is 1.78. The molecule has 0 spiro atoms. The Morgan fingerprint density at radius 2 is 2.00 bits per heavy atom. The molecule has 0 saturated heterocycles. The molecule has 0 amide bonds. The van der Waals surface area contributed by atoms with Gasteiger partial charge in [0.25, 0.3) is 7.82 Å². The number of phosphoric ester groups is 1. The first-order valence-electron chi connectivity index (χ1n) is 4.09. The third-order valence-electron chi connectivity index (χ3n) is 1.13. The van der Waals surface area contributed by atoms with E-state index in [1.807, 2.05) is 6.92 Å². The zero-order valence-electron chi connectivity index (χ0n) is 8.20. The first-order chi connectivity index (χ1) is 6.62. The number of hydrogen-bond donors (Lipinski definition) is 0. The van der Waals surface area contributed by atoms with E-state index in [2.05, 4.69) is 32.7 Å². The molecule has 0 fully saturated rings. The van der Waals surface area contributed by atoms with Crippen molar-refractivity contribution in [1.82, 2.24) is 0 Å². The van der Waals surface area contributed by atoms with Gasteiger partial charge in [-0.05, 0) is 18.3 Å². The number of rotatable bonds is 4. The van der Waals surface area contributed by atoms with Gasteiger partial charge in [0.15, 0.2) is 0 Å². The van der Waals surface area contributed by atoms with Crippen LogP contribution in [0.25, 0.3) is 0 Å². The standard InChI is InChI=1S/C9H13O4P/c1-3-4-5-6-7-8-9-13-14(10,11)12-2/h3-4,9H2,1-2H3,(H,10,11)/p-1. The van der Waals surface area contributed by atoms with Crippen LogP contribution in [0.5, 0.6) is 0 Å². The van der Waals surface area contributed by atoms with Crippen LogP contribution in [0.3, 0.4) is 0 Å². The lowest BCUT2D eigenvalue weighted by molar-refractivity contribution is -0.221. The number of phosphoric acid groups is 1. The van der Waals surface area contributed by atoms with Gasteiger partial charge >= 0.3 is 0 Å². The monoisotopic (exact) mass is 215 g/mol. The molecule has 0 rings (SSSR count). The molecule has 0 aliphatic heterocycles. The summed E-state index contributed by atoms with van der Waals surface area (Å²) in [4.78, 5) is 10.6. The minimum atomic E-state index is -4.14. The van der Waals surface area contributed by atoms with Crippen LogP contribution < -0.4 is 4.89 Å². The summed E-state index contributed by atoms with van der Waals surface area (Å²) in [5, 5.41) is 0. The lowest BCUT2D eigenvalue weighted by Gasteiger charge is -2.18. The van der Waals surface area contributed by atoms with E-state index < -0.39 is 7.82 Å². The summed E-state index contributed by atoms with van der Waals surface area (Å²) in [5.41, 5.74) is 0. The van der Waals surface area contributed by atoms with Gasteiger partial charge in [-0.25, -0.2) is 0 Å². The van der Waals surface area contributed by atoms with E-state index in [1.165, 1.54) is 0 Å². The predicted molar refractivity (Wildman–Crippen MR) is 51.0 cm³/mol.